The minimum Gasteiger partial charge on any atom is -0.468 e. The number of nitrogens with one attached hydrogen (secondary N) is 1. The number of hydrazine groups is 1. The van der Waals surface area contributed by atoms with Crippen LogP contribution in [0.3, 0.4) is 0 Å². The van der Waals surface area contributed by atoms with E-state index < -0.39 is 48.3 Å². The van der Waals surface area contributed by atoms with Crippen LogP contribution in [-0.4, -0.2) is 59.5 Å². The van der Waals surface area contributed by atoms with Gasteiger partial charge in [0.1, 0.15) is 19.2 Å². The van der Waals surface area contributed by atoms with Crippen LogP contribution in [0.5, 0.6) is 0 Å². The van der Waals surface area contributed by atoms with Crippen molar-refractivity contribution in [3.63, 3.8) is 0 Å². The molecule has 178 valence electrons. The van der Waals surface area contributed by atoms with Gasteiger partial charge in [0, 0.05) is 0 Å². The Kier molecular flexibility index (Phi) is 7.62. The molecule has 1 aliphatic rings. The van der Waals surface area contributed by atoms with Crippen LogP contribution in [0.25, 0.3) is 0 Å². The van der Waals surface area contributed by atoms with E-state index in [0.717, 1.165) is 12.7 Å². The molecule has 0 radical (unpaired) electrons. The van der Waals surface area contributed by atoms with E-state index in [9.17, 15) is 24.0 Å². The molecule has 2 aromatic carbocycles. The molecule has 1 N–H and O–H groups in total. The number of rotatable bonds is 8. The first-order valence-electron chi connectivity index (χ1n) is 10.6. The highest BCUT2D eigenvalue weighted by atomic mass is 16.5. The quantitative estimate of drug-likeness (QED) is 0.466. The molecule has 0 fully saturated rings. The number of amides is 4. The minimum absolute atomic E-state index is 0.0179. The standard InChI is InChI=1S/C24H25N3O7/c1-15(2)20(25-24(32)34-14-16-9-5-4-6-10-16)23(31)26(13-19(28)33-3)27-21(29)17-11-7-8-12-18(17)22(27)30/h4-12,15,20H,13-14H2,1-3H3,(H,25,32). The maximum absolute atomic E-state index is 13.5. The first-order valence-corrected chi connectivity index (χ1v) is 10.6. The van der Waals surface area contributed by atoms with Crippen LogP contribution in [0, 0.1) is 5.92 Å². The molecule has 10 nitrogen and oxygen atoms in total. The predicted octanol–water partition coefficient (Wildman–Crippen LogP) is 2.15. The summed E-state index contributed by atoms with van der Waals surface area (Å²) in [5.41, 5.74) is 0.960. The summed E-state index contributed by atoms with van der Waals surface area (Å²) >= 11 is 0. The third kappa shape index (κ3) is 5.22. The van der Waals surface area contributed by atoms with Crippen molar-refractivity contribution in [1.29, 1.82) is 0 Å². The van der Waals surface area contributed by atoms with Gasteiger partial charge in [-0.05, 0) is 23.6 Å². The van der Waals surface area contributed by atoms with Gasteiger partial charge < -0.3 is 14.8 Å². The molecule has 1 atom stereocenters. The smallest absolute Gasteiger partial charge is 0.408 e. The second kappa shape index (κ2) is 10.6. The maximum atomic E-state index is 13.5. The van der Waals surface area contributed by atoms with Crippen molar-refractivity contribution in [1.82, 2.24) is 15.3 Å². The van der Waals surface area contributed by atoms with E-state index in [-0.39, 0.29) is 17.7 Å². The molecule has 4 amide bonds. The molecule has 1 unspecified atom stereocenters. The average molecular weight is 467 g/mol. The van der Waals surface area contributed by atoms with E-state index >= 15 is 0 Å². The van der Waals surface area contributed by atoms with E-state index in [0.29, 0.717) is 10.0 Å². The van der Waals surface area contributed by atoms with Crippen LogP contribution in [0.15, 0.2) is 54.6 Å². The molecular weight excluding hydrogens is 442 g/mol. The van der Waals surface area contributed by atoms with Gasteiger partial charge in [0.05, 0.1) is 18.2 Å². The molecule has 0 aromatic heterocycles. The van der Waals surface area contributed by atoms with E-state index in [1.54, 1.807) is 50.2 Å². The van der Waals surface area contributed by atoms with Crippen molar-refractivity contribution in [3.05, 3.63) is 71.3 Å². The fraction of sp³-hybridized carbons (Fsp3) is 0.292. The van der Waals surface area contributed by atoms with E-state index in [4.69, 9.17) is 4.74 Å². The number of esters is 1. The monoisotopic (exact) mass is 467 g/mol. The lowest BCUT2D eigenvalue weighted by atomic mass is 10.0. The number of methoxy groups -OCH3 is 1. The number of fused-ring (bicyclic) bond motifs is 1. The summed E-state index contributed by atoms with van der Waals surface area (Å²) in [5, 5.41) is 3.79. The summed E-state index contributed by atoms with van der Waals surface area (Å²) in [7, 11) is 1.12. The Morgan fingerprint density at radius 2 is 1.50 bits per heavy atom. The molecule has 0 spiro atoms. The Morgan fingerprint density at radius 3 is 2.03 bits per heavy atom. The summed E-state index contributed by atoms with van der Waals surface area (Å²) < 4.78 is 9.85. The molecule has 0 saturated carbocycles. The largest absolute Gasteiger partial charge is 0.468 e. The first kappa shape index (κ1) is 24.4. The van der Waals surface area contributed by atoms with Crippen molar-refractivity contribution in [2.75, 3.05) is 13.7 Å². The van der Waals surface area contributed by atoms with Gasteiger partial charge in [-0.1, -0.05) is 56.3 Å². The van der Waals surface area contributed by atoms with Crippen LogP contribution >= 0.6 is 0 Å². The van der Waals surface area contributed by atoms with Crippen molar-refractivity contribution in [2.45, 2.75) is 26.5 Å². The van der Waals surface area contributed by atoms with E-state index in [2.05, 4.69) is 10.1 Å². The normalized spacial score (nSPS) is 13.4. The fourth-order valence-corrected chi connectivity index (χ4v) is 3.40. The Labute approximate surface area is 196 Å². The van der Waals surface area contributed by atoms with Gasteiger partial charge in [-0.3, -0.25) is 19.2 Å². The third-order valence-corrected chi connectivity index (χ3v) is 5.19. The average Bonchev–Trinajstić information content (AvgIpc) is 3.09. The summed E-state index contributed by atoms with van der Waals surface area (Å²) in [4.78, 5) is 63.9. The number of nitrogens with zero attached hydrogens (tertiary/aromatic N) is 2. The van der Waals surface area contributed by atoms with Crippen molar-refractivity contribution >= 4 is 29.8 Å². The summed E-state index contributed by atoms with van der Waals surface area (Å²) in [6, 6.07) is 13.8. The SMILES string of the molecule is COC(=O)CN(C(=O)C(NC(=O)OCc1ccccc1)C(C)C)N1C(=O)c2ccccc2C1=O. The number of carbonyl (C=O) groups excluding carboxylic acids is 5. The summed E-state index contributed by atoms with van der Waals surface area (Å²) in [6.07, 6.45) is -0.865. The lowest BCUT2D eigenvalue weighted by molar-refractivity contribution is -0.156. The van der Waals surface area contributed by atoms with Crippen LogP contribution in [0.4, 0.5) is 4.79 Å². The van der Waals surface area contributed by atoms with Crippen LogP contribution in [-0.2, 0) is 25.7 Å². The molecule has 0 aliphatic carbocycles. The lowest BCUT2D eigenvalue weighted by Crippen LogP contribution is -2.59. The van der Waals surface area contributed by atoms with Gasteiger partial charge in [0.2, 0.25) is 0 Å². The van der Waals surface area contributed by atoms with Gasteiger partial charge in [-0.25, -0.2) is 9.80 Å². The van der Waals surface area contributed by atoms with E-state index in [1.807, 2.05) is 6.07 Å². The highest BCUT2D eigenvalue weighted by Crippen LogP contribution is 2.25. The molecule has 3 rings (SSSR count). The third-order valence-electron chi connectivity index (χ3n) is 5.19. The zero-order valence-electron chi connectivity index (χ0n) is 19.0. The molecule has 1 aliphatic heterocycles. The topological polar surface area (TPSA) is 122 Å². The van der Waals surface area contributed by atoms with Gasteiger partial charge >= 0.3 is 12.1 Å². The Hall–Kier alpha value is -4.21. The number of hydrogen-bond acceptors (Lipinski definition) is 7. The lowest BCUT2D eigenvalue weighted by Gasteiger charge is -2.33. The Morgan fingerprint density at radius 1 is 0.941 bits per heavy atom. The van der Waals surface area contributed by atoms with Crippen molar-refractivity contribution in [3.8, 4) is 0 Å². The Balaban J connectivity index is 1.82. The van der Waals surface area contributed by atoms with Gasteiger partial charge in [-0.15, -0.1) is 0 Å². The highest BCUT2D eigenvalue weighted by molar-refractivity contribution is 6.21. The molecule has 0 saturated heterocycles. The highest BCUT2D eigenvalue weighted by Gasteiger charge is 2.44. The Bertz CT molecular complexity index is 1070. The number of benzene rings is 2. The minimum atomic E-state index is -1.20. The summed E-state index contributed by atoms with van der Waals surface area (Å²) in [5.74, 6) is -3.67. The van der Waals surface area contributed by atoms with Gasteiger partial charge in [0.15, 0.2) is 0 Å². The number of ether oxygens (including phenoxy) is 2. The molecule has 0 bridgehead atoms. The van der Waals surface area contributed by atoms with Crippen LogP contribution < -0.4 is 5.32 Å². The van der Waals surface area contributed by atoms with Gasteiger partial charge in [-0.2, -0.15) is 5.01 Å². The molecule has 34 heavy (non-hydrogen) atoms. The zero-order valence-corrected chi connectivity index (χ0v) is 19.0. The second-order valence-electron chi connectivity index (χ2n) is 7.87. The number of carbonyl (C=O) groups is 5. The van der Waals surface area contributed by atoms with Gasteiger partial charge in [0.25, 0.3) is 17.7 Å². The second-order valence-corrected chi connectivity index (χ2v) is 7.87. The maximum Gasteiger partial charge on any atom is 0.408 e. The van der Waals surface area contributed by atoms with E-state index in [1.165, 1.54) is 12.1 Å². The van der Waals surface area contributed by atoms with Crippen LogP contribution in [0.2, 0.25) is 0 Å². The number of hydrogen-bond donors (Lipinski definition) is 1. The molecule has 1 heterocycles. The zero-order chi connectivity index (χ0) is 24.8. The summed E-state index contributed by atoms with van der Waals surface area (Å²) in [6.45, 7) is 2.61. The molecular formula is C24H25N3O7. The van der Waals surface area contributed by atoms with Crippen molar-refractivity contribution < 1.29 is 33.4 Å². The first-order chi connectivity index (χ1) is 16.2. The van der Waals surface area contributed by atoms with Crippen LogP contribution in [0.1, 0.15) is 40.1 Å². The number of imide groups is 1. The molecule has 2 aromatic rings. The van der Waals surface area contributed by atoms with Crippen molar-refractivity contribution in [2.24, 2.45) is 5.92 Å². The fourth-order valence-electron chi connectivity index (χ4n) is 3.40. The molecule has 10 heteroatoms. The predicted molar refractivity (Wildman–Crippen MR) is 119 cm³/mol. The number of alkyl carbamates (subject to hydrolysis) is 1.